The number of hydrogen-bond acceptors (Lipinski definition) is 3. The minimum absolute atomic E-state index is 0.0935. The van der Waals surface area contributed by atoms with E-state index in [1.807, 2.05) is 6.08 Å². The summed E-state index contributed by atoms with van der Waals surface area (Å²) < 4.78 is 6.62. The van der Waals surface area contributed by atoms with E-state index in [0.29, 0.717) is 0 Å². The van der Waals surface area contributed by atoms with Crippen LogP contribution in [0.5, 0.6) is 0 Å². The molecule has 1 unspecified atom stereocenters. The molecule has 3 nitrogen and oxygen atoms in total. The zero-order valence-electron chi connectivity index (χ0n) is 16.6. The molecule has 1 saturated carbocycles. The summed E-state index contributed by atoms with van der Waals surface area (Å²) in [6, 6.07) is 0. The Morgan fingerprint density at radius 2 is 1.78 bits per heavy atom. The van der Waals surface area contributed by atoms with Gasteiger partial charge in [-0.05, 0) is 49.2 Å². The number of rotatable bonds is 4. The molecular weight excluding hydrogens is 304 g/mol. The summed E-state index contributed by atoms with van der Waals surface area (Å²) in [6.45, 7) is 19.4. The van der Waals surface area contributed by atoms with E-state index in [1.54, 1.807) is 13.0 Å². The van der Waals surface area contributed by atoms with Crippen molar-refractivity contribution in [2.45, 2.75) is 97.2 Å². The van der Waals surface area contributed by atoms with Gasteiger partial charge in [0.2, 0.25) is 0 Å². The van der Waals surface area contributed by atoms with Crippen molar-refractivity contribution in [3.05, 3.63) is 12.2 Å². The molecule has 0 bridgehead atoms. The molecule has 1 rings (SSSR count). The molecule has 0 aromatic heterocycles. The molecule has 4 heteroatoms. The van der Waals surface area contributed by atoms with Gasteiger partial charge in [-0.2, -0.15) is 0 Å². The number of aliphatic hydroxyl groups excluding tert-OH is 1. The molecular formula is C19H38O3Si. The van der Waals surface area contributed by atoms with Crippen LogP contribution in [0.3, 0.4) is 0 Å². The van der Waals surface area contributed by atoms with Gasteiger partial charge in [0.1, 0.15) is 0 Å². The summed E-state index contributed by atoms with van der Waals surface area (Å²) in [6.07, 6.45) is 4.86. The highest BCUT2D eigenvalue weighted by atomic mass is 28.4. The van der Waals surface area contributed by atoms with E-state index >= 15 is 0 Å². The maximum absolute atomic E-state index is 11.3. The van der Waals surface area contributed by atoms with Crippen LogP contribution in [0.1, 0.15) is 61.3 Å². The molecule has 0 aromatic rings. The van der Waals surface area contributed by atoms with Gasteiger partial charge < -0.3 is 14.6 Å². The van der Waals surface area contributed by atoms with Gasteiger partial charge in [0.25, 0.3) is 0 Å². The van der Waals surface area contributed by atoms with Gasteiger partial charge in [0.05, 0.1) is 11.7 Å². The maximum Gasteiger partial charge on any atom is 0.192 e. The normalized spacial score (nSPS) is 33.9. The lowest BCUT2D eigenvalue weighted by Crippen LogP contribution is -2.57. The zero-order chi connectivity index (χ0) is 18.3. The number of aliphatic hydroxyl groups is 2. The zero-order valence-corrected chi connectivity index (χ0v) is 17.6. The summed E-state index contributed by atoms with van der Waals surface area (Å²) in [5.74, 6) is 0.0935. The molecule has 0 radical (unpaired) electrons. The SMILES string of the molecule is CC(O)/C=C/[C@]1(O)[C@H](C)C[C@H](O[Si](C)(C)C(C)(C)C)CC1(C)C. The van der Waals surface area contributed by atoms with Crippen molar-refractivity contribution in [1.82, 2.24) is 0 Å². The van der Waals surface area contributed by atoms with Gasteiger partial charge in [-0.1, -0.05) is 53.7 Å². The highest BCUT2D eigenvalue weighted by Crippen LogP contribution is 2.50. The van der Waals surface area contributed by atoms with Crippen LogP contribution in [0.25, 0.3) is 0 Å². The fourth-order valence-electron chi connectivity index (χ4n) is 3.42. The topological polar surface area (TPSA) is 49.7 Å². The predicted molar refractivity (Wildman–Crippen MR) is 100 cm³/mol. The Hall–Kier alpha value is -0.163. The van der Waals surface area contributed by atoms with E-state index in [4.69, 9.17) is 4.43 Å². The highest BCUT2D eigenvalue weighted by Gasteiger charge is 2.52. The Morgan fingerprint density at radius 1 is 1.26 bits per heavy atom. The van der Waals surface area contributed by atoms with Gasteiger partial charge in [-0.25, -0.2) is 0 Å². The molecule has 136 valence electrons. The van der Waals surface area contributed by atoms with E-state index in [1.165, 1.54) is 0 Å². The predicted octanol–water partition coefficient (Wildman–Crippen LogP) is 4.50. The van der Waals surface area contributed by atoms with E-state index in [2.05, 4.69) is 54.6 Å². The second kappa shape index (κ2) is 6.62. The van der Waals surface area contributed by atoms with Crippen molar-refractivity contribution < 1.29 is 14.6 Å². The van der Waals surface area contributed by atoms with E-state index in [0.717, 1.165) is 12.8 Å². The molecule has 1 aliphatic carbocycles. The van der Waals surface area contributed by atoms with Gasteiger partial charge in [-0.15, -0.1) is 0 Å². The molecule has 1 aliphatic rings. The second-order valence-electron chi connectivity index (χ2n) is 9.65. The van der Waals surface area contributed by atoms with Crippen molar-refractivity contribution in [3.8, 4) is 0 Å². The van der Waals surface area contributed by atoms with Crippen molar-refractivity contribution in [3.63, 3.8) is 0 Å². The van der Waals surface area contributed by atoms with Crippen LogP contribution in [-0.2, 0) is 4.43 Å². The van der Waals surface area contributed by atoms with E-state index in [-0.39, 0.29) is 22.5 Å². The molecule has 0 amide bonds. The molecule has 2 N–H and O–H groups in total. The van der Waals surface area contributed by atoms with Crippen molar-refractivity contribution in [1.29, 1.82) is 0 Å². The van der Waals surface area contributed by atoms with Crippen LogP contribution in [0, 0.1) is 11.3 Å². The minimum atomic E-state index is -1.81. The van der Waals surface area contributed by atoms with Crippen molar-refractivity contribution >= 4 is 8.32 Å². The van der Waals surface area contributed by atoms with E-state index in [9.17, 15) is 10.2 Å². The van der Waals surface area contributed by atoms with Crippen molar-refractivity contribution in [2.75, 3.05) is 0 Å². The van der Waals surface area contributed by atoms with Crippen LogP contribution in [-0.4, -0.2) is 36.3 Å². The molecule has 0 spiro atoms. The summed E-state index contributed by atoms with van der Waals surface area (Å²) in [5, 5.41) is 21.0. The Balaban J connectivity index is 2.97. The standard InChI is InChI=1S/C19H38O3Si/c1-14-12-16(22-23(8,9)17(3,4)5)13-18(6,7)19(14,21)11-10-15(2)20/h10-11,14-16,20-21H,12-13H2,1-9H3/b11-10+/t14-,15?,16+,19+/m1/s1. The molecule has 23 heavy (non-hydrogen) atoms. The first kappa shape index (κ1) is 20.9. The monoisotopic (exact) mass is 342 g/mol. The molecule has 0 aliphatic heterocycles. The average molecular weight is 343 g/mol. The fourth-order valence-corrected chi connectivity index (χ4v) is 4.78. The quantitative estimate of drug-likeness (QED) is 0.584. The van der Waals surface area contributed by atoms with Crippen LogP contribution >= 0.6 is 0 Å². The lowest BCUT2D eigenvalue weighted by Gasteiger charge is -2.53. The first-order valence-electron chi connectivity index (χ1n) is 8.90. The molecule has 0 heterocycles. The van der Waals surface area contributed by atoms with Gasteiger partial charge in [-0.3, -0.25) is 0 Å². The van der Waals surface area contributed by atoms with Gasteiger partial charge in [0.15, 0.2) is 8.32 Å². The summed E-state index contributed by atoms with van der Waals surface area (Å²) in [7, 11) is -1.81. The lowest BCUT2D eigenvalue weighted by molar-refractivity contribution is -0.125. The minimum Gasteiger partial charge on any atom is -0.414 e. The van der Waals surface area contributed by atoms with Gasteiger partial charge in [0, 0.05) is 6.10 Å². The largest absolute Gasteiger partial charge is 0.414 e. The fraction of sp³-hybridized carbons (Fsp3) is 0.895. The average Bonchev–Trinajstić information content (AvgIpc) is 2.31. The summed E-state index contributed by atoms with van der Waals surface area (Å²) >= 11 is 0. The molecule has 0 saturated heterocycles. The summed E-state index contributed by atoms with van der Waals surface area (Å²) in [4.78, 5) is 0. The summed E-state index contributed by atoms with van der Waals surface area (Å²) in [5.41, 5.74) is -1.19. The Kier molecular flexibility index (Phi) is 6.01. The first-order valence-corrected chi connectivity index (χ1v) is 11.8. The number of hydrogen-bond donors (Lipinski definition) is 2. The lowest BCUT2D eigenvalue weighted by atomic mass is 9.60. The Labute approximate surface area is 144 Å². The van der Waals surface area contributed by atoms with Crippen LogP contribution < -0.4 is 0 Å². The first-order chi connectivity index (χ1) is 10.1. The van der Waals surface area contributed by atoms with Crippen LogP contribution in [0.15, 0.2) is 12.2 Å². The molecule has 4 atom stereocenters. The smallest absolute Gasteiger partial charge is 0.192 e. The van der Waals surface area contributed by atoms with Gasteiger partial charge >= 0.3 is 0 Å². The third-order valence-electron chi connectivity index (χ3n) is 6.09. The van der Waals surface area contributed by atoms with Crippen LogP contribution in [0.2, 0.25) is 18.1 Å². The second-order valence-corrected chi connectivity index (χ2v) is 14.4. The Bertz CT molecular complexity index is 434. The molecule has 1 fully saturated rings. The maximum atomic E-state index is 11.3. The highest BCUT2D eigenvalue weighted by molar-refractivity contribution is 6.74. The van der Waals surface area contributed by atoms with Crippen LogP contribution in [0.4, 0.5) is 0 Å². The molecule has 0 aromatic carbocycles. The Morgan fingerprint density at radius 3 is 2.17 bits per heavy atom. The third kappa shape index (κ3) is 4.47. The van der Waals surface area contributed by atoms with E-state index < -0.39 is 20.0 Å². The third-order valence-corrected chi connectivity index (χ3v) is 10.6. The van der Waals surface area contributed by atoms with Crippen molar-refractivity contribution in [2.24, 2.45) is 11.3 Å².